The number of amides is 2. The van der Waals surface area contributed by atoms with Gasteiger partial charge in [0.2, 0.25) is 5.91 Å². The minimum Gasteiger partial charge on any atom is -0.394 e. The molecule has 4 aromatic rings. The smallest absolute Gasteiger partial charge is 0.394 e. The van der Waals surface area contributed by atoms with Gasteiger partial charge in [-0.15, -0.1) is 0 Å². The molecule has 45 heavy (non-hydrogen) atoms. The number of carbonyl (C=O) groups excluding carboxylic acids is 2. The molecule has 1 saturated heterocycles. The van der Waals surface area contributed by atoms with Crippen LogP contribution in [0.2, 0.25) is 0 Å². The summed E-state index contributed by atoms with van der Waals surface area (Å²) in [6.07, 6.45) is -0.993. The second-order valence-corrected chi connectivity index (χ2v) is 12.3. The highest BCUT2D eigenvalue weighted by molar-refractivity contribution is 7.91. The Kier molecular flexibility index (Phi) is 8.47. The lowest BCUT2D eigenvalue weighted by atomic mass is 10.1. The predicted molar refractivity (Wildman–Crippen MR) is 151 cm³/mol. The summed E-state index contributed by atoms with van der Waals surface area (Å²) >= 11 is 0. The van der Waals surface area contributed by atoms with Gasteiger partial charge in [0.15, 0.2) is 9.84 Å². The van der Waals surface area contributed by atoms with Crippen LogP contribution in [0.5, 0.6) is 0 Å². The van der Waals surface area contributed by atoms with Crippen LogP contribution in [0.25, 0.3) is 16.8 Å². The number of nitrogens with two attached hydrogens (primary N) is 1. The van der Waals surface area contributed by atoms with Crippen molar-refractivity contribution >= 4 is 38.8 Å². The number of aliphatic hydroxyl groups excluding tert-OH is 1. The molecule has 2 amide bonds. The van der Waals surface area contributed by atoms with Crippen molar-refractivity contribution in [1.29, 1.82) is 0 Å². The third kappa shape index (κ3) is 6.71. The quantitative estimate of drug-likeness (QED) is 0.250. The lowest BCUT2D eigenvalue weighted by Gasteiger charge is -2.38. The zero-order chi connectivity index (χ0) is 32.7. The standard InChI is InChI=1S/C27H25F4N7O6S/c1-45(42,43)13-21(40)38-10-19(44-12-16(38)11-39)25-36-22(23-24(32)34-6-7-37(23)25)17-3-2-14(8-18(17)28)26(41)35-20-9-15(4-5-33-20)27(29,30)31/h2-9,16,19,39H,10-13H2,1H3,(H2,32,34)(H,33,35,41)/t16-,19-/m1/s1. The van der Waals surface area contributed by atoms with E-state index >= 15 is 4.39 Å². The van der Waals surface area contributed by atoms with Gasteiger partial charge in [-0.2, -0.15) is 13.2 Å². The van der Waals surface area contributed by atoms with Crippen molar-refractivity contribution in [3.05, 3.63) is 71.7 Å². The Morgan fingerprint density at radius 2 is 1.93 bits per heavy atom. The number of nitrogen functional groups attached to an aromatic ring is 1. The van der Waals surface area contributed by atoms with E-state index in [1.54, 1.807) is 0 Å². The number of aliphatic hydroxyl groups is 1. The molecule has 0 radical (unpaired) electrons. The number of rotatable bonds is 7. The highest BCUT2D eigenvalue weighted by atomic mass is 32.2. The third-order valence-electron chi connectivity index (χ3n) is 6.92. The van der Waals surface area contributed by atoms with Crippen molar-refractivity contribution in [2.45, 2.75) is 18.3 Å². The Balaban J connectivity index is 1.47. The maximum absolute atomic E-state index is 15.6. The van der Waals surface area contributed by atoms with Gasteiger partial charge in [-0.05, 0) is 30.3 Å². The van der Waals surface area contributed by atoms with Crippen molar-refractivity contribution in [3.63, 3.8) is 0 Å². The van der Waals surface area contributed by atoms with Gasteiger partial charge >= 0.3 is 6.18 Å². The van der Waals surface area contributed by atoms with Crippen LogP contribution in [0.3, 0.4) is 0 Å². The SMILES string of the molecule is CS(=O)(=O)CC(=O)N1C[C@H](c2nc(-c3ccc(C(=O)Nc4cc(C(F)(F)F)ccn4)cc3F)c3c(N)nccn23)OC[C@H]1CO. The number of ether oxygens (including phenoxy) is 1. The average molecular weight is 652 g/mol. The van der Waals surface area contributed by atoms with Crippen LogP contribution in [0, 0.1) is 5.82 Å². The molecule has 1 fully saturated rings. The topological polar surface area (TPSA) is 182 Å². The number of carbonyl (C=O) groups is 2. The summed E-state index contributed by atoms with van der Waals surface area (Å²) in [4.78, 5) is 39.0. The van der Waals surface area contributed by atoms with Crippen molar-refractivity contribution in [3.8, 4) is 11.3 Å². The molecule has 0 saturated carbocycles. The number of fused-ring (bicyclic) bond motifs is 1. The van der Waals surface area contributed by atoms with Crippen LogP contribution < -0.4 is 11.1 Å². The molecule has 238 valence electrons. The van der Waals surface area contributed by atoms with Crippen molar-refractivity contribution in [2.75, 3.05) is 42.8 Å². The maximum Gasteiger partial charge on any atom is 0.416 e. The van der Waals surface area contributed by atoms with E-state index in [0.29, 0.717) is 6.07 Å². The van der Waals surface area contributed by atoms with E-state index in [-0.39, 0.29) is 52.9 Å². The molecule has 1 aliphatic heterocycles. The number of hydrogen-bond donors (Lipinski definition) is 3. The Hall–Kier alpha value is -4.68. The van der Waals surface area contributed by atoms with Gasteiger partial charge in [0.1, 0.15) is 46.3 Å². The van der Waals surface area contributed by atoms with Crippen LogP contribution in [0.1, 0.15) is 27.8 Å². The van der Waals surface area contributed by atoms with Crippen molar-refractivity contribution in [2.24, 2.45) is 0 Å². The van der Waals surface area contributed by atoms with Crippen molar-refractivity contribution < 1.29 is 45.4 Å². The first-order valence-corrected chi connectivity index (χ1v) is 15.2. The lowest BCUT2D eigenvalue weighted by molar-refractivity contribution is -0.145. The molecule has 13 nitrogen and oxygen atoms in total. The Morgan fingerprint density at radius 3 is 2.60 bits per heavy atom. The normalized spacial score (nSPS) is 17.4. The van der Waals surface area contributed by atoms with Crippen LogP contribution in [-0.2, 0) is 25.5 Å². The first-order valence-electron chi connectivity index (χ1n) is 13.1. The van der Waals surface area contributed by atoms with Gasteiger partial charge in [0.05, 0.1) is 31.4 Å². The number of nitrogens with one attached hydrogen (secondary N) is 1. The molecule has 2 atom stereocenters. The highest BCUT2D eigenvalue weighted by Gasteiger charge is 2.36. The van der Waals surface area contributed by atoms with Crippen LogP contribution in [0.4, 0.5) is 29.2 Å². The fourth-order valence-electron chi connectivity index (χ4n) is 4.83. The second kappa shape index (κ2) is 12.0. The molecule has 3 aromatic heterocycles. The van der Waals surface area contributed by atoms with Crippen LogP contribution >= 0.6 is 0 Å². The van der Waals surface area contributed by atoms with E-state index in [1.165, 1.54) is 33.8 Å². The number of aromatic nitrogens is 4. The number of anilines is 2. The van der Waals surface area contributed by atoms with E-state index in [2.05, 4.69) is 20.3 Å². The van der Waals surface area contributed by atoms with E-state index < -0.39 is 63.7 Å². The third-order valence-corrected chi connectivity index (χ3v) is 7.69. The maximum atomic E-state index is 15.6. The predicted octanol–water partition coefficient (Wildman–Crippen LogP) is 2.09. The molecule has 0 spiro atoms. The number of halogens is 4. The zero-order valence-electron chi connectivity index (χ0n) is 23.3. The molecule has 0 aliphatic carbocycles. The molecular formula is C27H25F4N7O6S. The largest absolute Gasteiger partial charge is 0.416 e. The number of pyridine rings is 1. The van der Waals surface area contributed by atoms with Gasteiger partial charge in [0.25, 0.3) is 5.91 Å². The highest BCUT2D eigenvalue weighted by Crippen LogP contribution is 2.35. The zero-order valence-corrected chi connectivity index (χ0v) is 24.1. The Bertz CT molecular complexity index is 1900. The Labute approximate surface area is 252 Å². The molecule has 0 bridgehead atoms. The number of alkyl halides is 3. The van der Waals surface area contributed by atoms with Crippen molar-refractivity contribution in [1.82, 2.24) is 24.3 Å². The lowest BCUT2D eigenvalue weighted by Crippen LogP contribution is -2.53. The van der Waals surface area contributed by atoms with Gasteiger partial charge in [-0.3, -0.25) is 14.0 Å². The first-order chi connectivity index (χ1) is 21.2. The molecule has 4 N–H and O–H groups in total. The summed E-state index contributed by atoms with van der Waals surface area (Å²) in [6.45, 7) is -0.826. The molecule has 1 aromatic carbocycles. The van der Waals surface area contributed by atoms with Crippen LogP contribution in [-0.4, -0.2) is 87.4 Å². The van der Waals surface area contributed by atoms with E-state index in [9.17, 15) is 36.3 Å². The molecule has 4 heterocycles. The number of sulfone groups is 1. The molecule has 5 rings (SSSR count). The summed E-state index contributed by atoms with van der Waals surface area (Å²) < 4.78 is 85.5. The summed E-state index contributed by atoms with van der Waals surface area (Å²) in [5, 5.41) is 12.0. The summed E-state index contributed by atoms with van der Waals surface area (Å²) in [6, 6.07) is 3.90. The number of imidazole rings is 1. The first kappa shape index (κ1) is 31.7. The summed E-state index contributed by atoms with van der Waals surface area (Å²) in [5.41, 5.74) is 4.93. The number of hydrogen-bond acceptors (Lipinski definition) is 10. The Morgan fingerprint density at radius 1 is 1.18 bits per heavy atom. The van der Waals surface area contributed by atoms with Gasteiger partial charge in [0, 0.05) is 36.0 Å². The molecule has 18 heteroatoms. The molecular weight excluding hydrogens is 626 g/mol. The van der Waals surface area contributed by atoms with Gasteiger partial charge < -0.3 is 25.8 Å². The van der Waals surface area contributed by atoms with Crippen LogP contribution in [0.15, 0.2) is 48.9 Å². The molecule has 0 unspecified atom stereocenters. The summed E-state index contributed by atoms with van der Waals surface area (Å²) in [5.74, 6) is -3.64. The van der Waals surface area contributed by atoms with E-state index in [0.717, 1.165) is 24.6 Å². The fourth-order valence-corrected chi connectivity index (χ4v) is 5.45. The monoisotopic (exact) mass is 651 g/mol. The van der Waals surface area contributed by atoms with E-state index in [1.807, 2.05) is 0 Å². The fraction of sp³-hybridized carbons (Fsp3) is 0.296. The number of benzene rings is 1. The summed E-state index contributed by atoms with van der Waals surface area (Å²) in [7, 11) is -3.68. The number of morpholine rings is 1. The minimum atomic E-state index is -4.66. The number of nitrogens with zero attached hydrogens (tertiary/aromatic N) is 5. The van der Waals surface area contributed by atoms with Gasteiger partial charge in [-0.25, -0.2) is 27.8 Å². The minimum absolute atomic E-state index is 0.00139. The van der Waals surface area contributed by atoms with E-state index in [4.69, 9.17) is 10.5 Å². The molecule has 1 aliphatic rings. The second-order valence-electron chi connectivity index (χ2n) is 10.2. The average Bonchev–Trinajstić information content (AvgIpc) is 3.36. The van der Waals surface area contributed by atoms with Gasteiger partial charge in [-0.1, -0.05) is 0 Å².